The van der Waals surface area contributed by atoms with E-state index in [2.05, 4.69) is 89.8 Å². The molecule has 0 N–H and O–H groups in total. The molecule has 1 heterocycles. The lowest BCUT2D eigenvalue weighted by Crippen LogP contribution is -2.35. The zero-order valence-corrected chi connectivity index (χ0v) is 25.7. The van der Waals surface area contributed by atoms with Gasteiger partial charge in [-0.05, 0) is 85.6 Å². The van der Waals surface area contributed by atoms with Crippen molar-refractivity contribution in [3.8, 4) is 0 Å². The van der Waals surface area contributed by atoms with Crippen molar-refractivity contribution in [1.82, 2.24) is 4.90 Å². The number of rotatable bonds is 9. The van der Waals surface area contributed by atoms with Crippen LogP contribution in [0.2, 0.25) is 0 Å². The number of nitrogens with zero attached hydrogens (tertiary/aromatic N) is 1. The summed E-state index contributed by atoms with van der Waals surface area (Å²) in [5, 5.41) is 5.96. The largest absolute Gasteiger partial charge is 0.416 e. The highest BCUT2D eigenvalue weighted by molar-refractivity contribution is 7.80. The molecular formula is C37H34F3NP2. The highest BCUT2D eigenvalue weighted by atomic mass is 31.1. The molecule has 1 nitrogen and oxygen atoms in total. The molecule has 0 saturated carbocycles. The quantitative estimate of drug-likeness (QED) is 0.156. The fourth-order valence-corrected chi connectivity index (χ4v) is 11.1. The molecule has 0 amide bonds. The van der Waals surface area contributed by atoms with Crippen molar-refractivity contribution in [2.24, 2.45) is 0 Å². The summed E-state index contributed by atoms with van der Waals surface area (Å²) in [5.74, 6) is 0. The molecule has 1 unspecified atom stereocenters. The van der Waals surface area contributed by atoms with Crippen LogP contribution in [0.25, 0.3) is 0 Å². The molecule has 0 aromatic heterocycles. The van der Waals surface area contributed by atoms with Crippen LogP contribution in [-0.2, 0) is 12.7 Å². The van der Waals surface area contributed by atoms with E-state index in [1.165, 1.54) is 22.7 Å². The maximum atomic E-state index is 14.1. The predicted molar refractivity (Wildman–Crippen MR) is 178 cm³/mol. The van der Waals surface area contributed by atoms with Crippen molar-refractivity contribution in [1.29, 1.82) is 0 Å². The number of hydrogen-bond acceptors (Lipinski definition) is 1. The third kappa shape index (κ3) is 7.10. The van der Waals surface area contributed by atoms with Gasteiger partial charge in [0.25, 0.3) is 0 Å². The van der Waals surface area contributed by atoms with Crippen LogP contribution in [0.5, 0.6) is 0 Å². The first kappa shape index (κ1) is 29.8. The van der Waals surface area contributed by atoms with Crippen molar-refractivity contribution in [2.45, 2.75) is 31.6 Å². The molecule has 6 heteroatoms. The number of benzene rings is 5. The molecule has 0 radical (unpaired) electrons. The second kappa shape index (κ2) is 13.6. The maximum absolute atomic E-state index is 14.1. The van der Waals surface area contributed by atoms with Gasteiger partial charge in [-0.25, -0.2) is 0 Å². The predicted octanol–water partition coefficient (Wildman–Crippen LogP) is 7.56. The fraction of sp³-hybridized carbons (Fsp3) is 0.189. The minimum atomic E-state index is -4.39. The molecule has 1 fully saturated rings. The number of alkyl halides is 3. The van der Waals surface area contributed by atoms with E-state index in [0.717, 1.165) is 47.0 Å². The molecule has 0 spiro atoms. The van der Waals surface area contributed by atoms with Gasteiger partial charge in [-0.1, -0.05) is 127 Å². The lowest BCUT2D eigenvalue weighted by atomic mass is 10.1. The first-order valence-electron chi connectivity index (χ1n) is 14.7. The third-order valence-corrected chi connectivity index (χ3v) is 13.3. The van der Waals surface area contributed by atoms with Gasteiger partial charge >= 0.3 is 6.18 Å². The first-order valence-corrected chi connectivity index (χ1v) is 17.6. The molecule has 1 saturated heterocycles. The van der Waals surface area contributed by atoms with E-state index >= 15 is 0 Å². The Balaban J connectivity index is 1.37. The second-order valence-corrected chi connectivity index (χ2v) is 15.3. The fourth-order valence-electron chi connectivity index (χ4n) is 6.00. The van der Waals surface area contributed by atoms with Crippen molar-refractivity contribution in [2.75, 3.05) is 12.7 Å². The van der Waals surface area contributed by atoms with Gasteiger partial charge in [0.05, 0.1) is 5.56 Å². The third-order valence-electron chi connectivity index (χ3n) is 8.08. The van der Waals surface area contributed by atoms with E-state index in [-0.39, 0.29) is 0 Å². The zero-order valence-electron chi connectivity index (χ0n) is 23.9. The van der Waals surface area contributed by atoms with Crippen molar-refractivity contribution in [3.63, 3.8) is 0 Å². The Morgan fingerprint density at radius 1 is 0.628 bits per heavy atom. The summed E-state index contributed by atoms with van der Waals surface area (Å²) in [6.45, 7) is 1.40. The Morgan fingerprint density at radius 2 is 1.12 bits per heavy atom. The van der Waals surface area contributed by atoms with E-state index in [1.54, 1.807) is 6.07 Å². The summed E-state index contributed by atoms with van der Waals surface area (Å²) >= 11 is 0. The van der Waals surface area contributed by atoms with Gasteiger partial charge in [-0.3, -0.25) is 4.90 Å². The van der Waals surface area contributed by atoms with Crippen LogP contribution in [0.15, 0.2) is 140 Å². The summed E-state index contributed by atoms with van der Waals surface area (Å²) in [4.78, 5) is 2.45. The van der Waals surface area contributed by atoms with Gasteiger partial charge < -0.3 is 0 Å². The van der Waals surface area contributed by atoms with E-state index in [1.807, 2.05) is 36.4 Å². The van der Waals surface area contributed by atoms with Gasteiger partial charge in [0.2, 0.25) is 0 Å². The van der Waals surface area contributed by atoms with Crippen LogP contribution in [0.4, 0.5) is 13.2 Å². The summed E-state index contributed by atoms with van der Waals surface area (Å²) in [6, 6.07) is 46.6. The average molecular weight is 612 g/mol. The molecule has 1 aliphatic rings. The highest BCUT2D eigenvalue weighted by Crippen LogP contribution is 2.40. The van der Waals surface area contributed by atoms with Gasteiger partial charge in [0.1, 0.15) is 0 Å². The van der Waals surface area contributed by atoms with Crippen LogP contribution >= 0.6 is 15.8 Å². The Morgan fingerprint density at radius 3 is 1.60 bits per heavy atom. The average Bonchev–Trinajstić information content (AvgIpc) is 3.48. The molecule has 1 atom stereocenters. The number of likely N-dealkylation sites (tertiary alicyclic amines) is 1. The minimum absolute atomic E-state index is 0.300. The van der Waals surface area contributed by atoms with Gasteiger partial charge in [-0.2, -0.15) is 13.2 Å². The Bertz CT molecular complexity index is 1520. The van der Waals surface area contributed by atoms with Crippen LogP contribution in [0, 0.1) is 0 Å². The van der Waals surface area contributed by atoms with Crippen LogP contribution in [0.3, 0.4) is 0 Å². The van der Waals surface area contributed by atoms with Gasteiger partial charge in [-0.15, -0.1) is 0 Å². The van der Waals surface area contributed by atoms with Crippen LogP contribution < -0.4 is 26.5 Å². The lowest BCUT2D eigenvalue weighted by molar-refractivity contribution is -0.137. The summed E-state index contributed by atoms with van der Waals surface area (Å²) < 4.78 is 42.2. The lowest BCUT2D eigenvalue weighted by Gasteiger charge is -2.31. The molecule has 43 heavy (non-hydrogen) atoms. The van der Waals surface area contributed by atoms with Crippen molar-refractivity contribution >= 4 is 42.4 Å². The van der Waals surface area contributed by atoms with E-state index in [9.17, 15) is 13.2 Å². The standard InChI is InChI=1S/C37H34F3NP2/c38-37(39,40)30-23-24-36(43(34-19-9-3-10-20-34)35-21-11-4-12-22-35)29(26-30)27-41-25-13-14-31(41)28-42(32-15-5-1-6-16-32)33-17-7-2-8-18-33/h1-12,15-24,26,31H,13-14,25,27-28H2. The normalized spacial score (nSPS) is 15.8. The topological polar surface area (TPSA) is 3.24 Å². The van der Waals surface area contributed by atoms with Gasteiger partial charge in [0.15, 0.2) is 0 Å². The molecule has 0 bridgehead atoms. The first-order chi connectivity index (χ1) is 21.0. The number of hydrogen-bond donors (Lipinski definition) is 0. The molecule has 5 aromatic rings. The van der Waals surface area contributed by atoms with Crippen LogP contribution in [0.1, 0.15) is 24.0 Å². The van der Waals surface area contributed by atoms with E-state index < -0.39 is 27.6 Å². The van der Waals surface area contributed by atoms with Crippen molar-refractivity contribution < 1.29 is 13.2 Å². The SMILES string of the molecule is FC(F)(F)c1ccc(P(c2ccccc2)c2ccccc2)c(CN2CCCC2CP(c2ccccc2)c2ccccc2)c1. The van der Waals surface area contributed by atoms with Gasteiger partial charge in [0, 0.05) is 12.6 Å². The highest BCUT2D eigenvalue weighted by Gasteiger charge is 2.34. The summed E-state index contributed by atoms with van der Waals surface area (Å²) in [7, 11) is -1.63. The summed E-state index contributed by atoms with van der Waals surface area (Å²) in [5.41, 5.74) is 0.207. The molecule has 5 aromatic carbocycles. The van der Waals surface area contributed by atoms with Crippen molar-refractivity contribution in [3.05, 3.63) is 151 Å². The maximum Gasteiger partial charge on any atom is 0.416 e. The number of halogens is 3. The zero-order chi connectivity index (χ0) is 29.6. The Hall–Kier alpha value is -3.29. The summed E-state index contributed by atoms with van der Waals surface area (Å²) in [6.07, 6.45) is -1.30. The molecule has 218 valence electrons. The smallest absolute Gasteiger partial charge is 0.296 e. The van der Waals surface area contributed by atoms with E-state index in [4.69, 9.17) is 0 Å². The Labute approximate surface area is 254 Å². The molecular weight excluding hydrogens is 577 g/mol. The molecule has 0 aliphatic carbocycles. The van der Waals surface area contributed by atoms with Crippen LogP contribution in [-0.4, -0.2) is 23.6 Å². The van der Waals surface area contributed by atoms with E-state index in [0.29, 0.717) is 12.6 Å². The molecule has 1 aliphatic heterocycles. The minimum Gasteiger partial charge on any atom is -0.296 e. The second-order valence-electron chi connectivity index (χ2n) is 10.9. The molecule has 6 rings (SSSR count). The Kier molecular flexibility index (Phi) is 9.39. The monoisotopic (exact) mass is 611 g/mol.